The fourth-order valence-electron chi connectivity index (χ4n) is 3.01. The van der Waals surface area contributed by atoms with E-state index in [9.17, 15) is 18.7 Å². The van der Waals surface area contributed by atoms with Crippen LogP contribution in [0.2, 0.25) is 10.0 Å². The Balaban J connectivity index is 2.49. The van der Waals surface area contributed by atoms with Crippen LogP contribution in [0, 0.1) is 11.6 Å². The quantitative estimate of drug-likeness (QED) is 0.439. The van der Waals surface area contributed by atoms with Crippen LogP contribution in [0.1, 0.15) is 45.1 Å². The van der Waals surface area contributed by atoms with Crippen molar-refractivity contribution in [1.82, 2.24) is 0 Å². The number of aliphatic carboxylic acids is 1. The Morgan fingerprint density at radius 3 is 2.21 bits per heavy atom. The largest absolute Gasteiger partial charge is 0.481 e. The number of hydrogen-bond acceptors (Lipinski definition) is 3. The second-order valence-corrected chi connectivity index (χ2v) is 7.22. The zero-order valence-electron chi connectivity index (χ0n) is 15.5. The van der Waals surface area contributed by atoms with Gasteiger partial charge in [0.05, 0.1) is 15.5 Å². The molecule has 1 atom stereocenters. The zero-order chi connectivity index (χ0) is 20.9. The van der Waals surface area contributed by atoms with E-state index in [1.54, 1.807) is 6.92 Å². The SMILES string of the molecule is CCCCC(CC)(C(=O)O)c1cc(F)c(/N=N/c2c(F)cccc2Cl)c(Cl)c1. The number of nitrogens with zero attached hydrogens (tertiary/aromatic N) is 2. The standard InChI is InChI=1S/C20H20Cl2F2N2O2/c1-3-5-9-20(4-2,19(27)28)12-10-14(22)18(16(24)11-12)26-25-17-13(21)7-6-8-15(17)23/h6-8,10-11H,3-5,9H2,1-2H3,(H,27,28)/b26-25+. The molecule has 0 aliphatic carbocycles. The Kier molecular flexibility index (Phi) is 7.49. The highest BCUT2D eigenvalue weighted by atomic mass is 35.5. The molecule has 28 heavy (non-hydrogen) atoms. The summed E-state index contributed by atoms with van der Waals surface area (Å²) in [4.78, 5) is 12.0. The minimum absolute atomic E-state index is 0.0207. The molecule has 1 unspecified atom stereocenters. The first-order valence-corrected chi connectivity index (χ1v) is 9.61. The smallest absolute Gasteiger partial charge is 0.314 e. The summed E-state index contributed by atoms with van der Waals surface area (Å²) in [5.74, 6) is -2.58. The summed E-state index contributed by atoms with van der Waals surface area (Å²) < 4.78 is 28.5. The van der Waals surface area contributed by atoms with E-state index in [1.165, 1.54) is 18.2 Å². The number of benzene rings is 2. The van der Waals surface area contributed by atoms with Gasteiger partial charge < -0.3 is 5.11 Å². The van der Waals surface area contributed by atoms with Gasteiger partial charge >= 0.3 is 5.97 Å². The summed E-state index contributed by atoms with van der Waals surface area (Å²) >= 11 is 12.0. The van der Waals surface area contributed by atoms with E-state index in [4.69, 9.17) is 23.2 Å². The highest BCUT2D eigenvalue weighted by Gasteiger charge is 2.39. The lowest BCUT2D eigenvalue weighted by Crippen LogP contribution is -2.35. The molecule has 150 valence electrons. The third-order valence-corrected chi connectivity index (χ3v) is 5.32. The highest BCUT2D eigenvalue weighted by Crippen LogP contribution is 2.40. The molecule has 0 heterocycles. The van der Waals surface area contributed by atoms with Gasteiger partial charge in [0.25, 0.3) is 0 Å². The molecule has 0 aromatic heterocycles. The Bertz CT molecular complexity index is 863. The molecule has 2 rings (SSSR count). The van der Waals surface area contributed by atoms with Crippen LogP contribution in [-0.2, 0) is 10.2 Å². The number of carboxylic acids is 1. The molecule has 2 aromatic rings. The van der Waals surface area contributed by atoms with Crippen LogP contribution in [0.5, 0.6) is 0 Å². The van der Waals surface area contributed by atoms with Gasteiger partial charge in [-0.2, -0.15) is 0 Å². The van der Waals surface area contributed by atoms with Crippen LogP contribution in [0.25, 0.3) is 0 Å². The highest BCUT2D eigenvalue weighted by molar-refractivity contribution is 6.33. The van der Waals surface area contributed by atoms with Gasteiger partial charge in [0.2, 0.25) is 0 Å². The van der Waals surface area contributed by atoms with Crippen LogP contribution < -0.4 is 0 Å². The van der Waals surface area contributed by atoms with Crippen LogP contribution >= 0.6 is 23.2 Å². The molecule has 0 amide bonds. The Hall–Kier alpha value is -2.05. The zero-order valence-corrected chi connectivity index (χ0v) is 17.0. The van der Waals surface area contributed by atoms with Crippen LogP contribution in [0.15, 0.2) is 40.6 Å². The topological polar surface area (TPSA) is 62.0 Å². The predicted molar refractivity (Wildman–Crippen MR) is 106 cm³/mol. The van der Waals surface area contributed by atoms with E-state index in [1.807, 2.05) is 6.92 Å². The van der Waals surface area contributed by atoms with Gasteiger partial charge in [0.15, 0.2) is 11.6 Å². The lowest BCUT2D eigenvalue weighted by Gasteiger charge is -2.29. The fraction of sp³-hybridized carbons (Fsp3) is 0.350. The van der Waals surface area contributed by atoms with Crippen molar-refractivity contribution in [3.63, 3.8) is 0 Å². The second-order valence-electron chi connectivity index (χ2n) is 6.40. The van der Waals surface area contributed by atoms with Gasteiger partial charge in [-0.25, -0.2) is 8.78 Å². The molecular formula is C20H20Cl2F2N2O2. The first-order valence-electron chi connectivity index (χ1n) is 8.85. The molecule has 8 heteroatoms. The van der Waals surface area contributed by atoms with Crippen molar-refractivity contribution < 1.29 is 18.7 Å². The maximum absolute atomic E-state index is 14.7. The molecule has 0 aliphatic heterocycles. The van der Waals surface area contributed by atoms with Gasteiger partial charge in [-0.1, -0.05) is 56.0 Å². The Morgan fingerprint density at radius 2 is 1.71 bits per heavy atom. The number of carbonyl (C=O) groups is 1. The number of unbranched alkanes of at least 4 members (excludes halogenated alkanes) is 1. The lowest BCUT2D eigenvalue weighted by molar-refractivity contribution is -0.144. The molecule has 4 nitrogen and oxygen atoms in total. The summed E-state index contributed by atoms with van der Waals surface area (Å²) in [6, 6.07) is 6.48. The summed E-state index contributed by atoms with van der Waals surface area (Å²) in [5, 5.41) is 17.1. The van der Waals surface area contributed by atoms with Gasteiger partial charge in [-0.15, -0.1) is 10.2 Å². The van der Waals surface area contributed by atoms with Crippen molar-refractivity contribution in [3.8, 4) is 0 Å². The van der Waals surface area contributed by atoms with Crippen LogP contribution in [0.4, 0.5) is 20.2 Å². The van der Waals surface area contributed by atoms with Crippen LogP contribution in [-0.4, -0.2) is 11.1 Å². The van der Waals surface area contributed by atoms with Gasteiger partial charge in [0, 0.05) is 0 Å². The summed E-state index contributed by atoms with van der Waals surface area (Å²) in [6.45, 7) is 3.69. The second kappa shape index (κ2) is 9.43. The maximum atomic E-state index is 14.7. The first-order chi connectivity index (χ1) is 13.3. The normalized spacial score (nSPS) is 13.6. The van der Waals surface area contributed by atoms with Crippen molar-refractivity contribution in [3.05, 3.63) is 57.6 Å². The van der Waals surface area contributed by atoms with Gasteiger partial charge in [-0.3, -0.25) is 4.79 Å². The van der Waals surface area contributed by atoms with E-state index >= 15 is 0 Å². The molecule has 0 bridgehead atoms. The van der Waals surface area contributed by atoms with Gasteiger partial charge in [-0.05, 0) is 42.7 Å². The number of halogens is 4. The number of hydrogen-bond donors (Lipinski definition) is 1. The maximum Gasteiger partial charge on any atom is 0.314 e. The van der Waals surface area contributed by atoms with Crippen molar-refractivity contribution >= 4 is 40.5 Å². The lowest BCUT2D eigenvalue weighted by atomic mass is 9.74. The molecule has 0 spiro atoms. The minimum atomic E-state index is -1.25. The molecule has 0 saturated carbocycles. The van der Waals surface area contributed by atoms with E-state index in [0.29, 0.717) is 12.8 Å². The summed E-state index contributed by atoms with van der Waals surface area (Å²) in [7, 11) is 0. The average molecular weight is 429 g/mol. The van der Waals surface area contributed by atoms with E-state index in [2.05, 4.69) is 10.2 Å². The monoisotopic (exact) mass is 428 g/mol. The van der Waals surface area contributed by atoms with E-state index < -0.39 is 23.0 Å². The molecule has 0 aliphatic rings. The first kappa shape index (κ1) is 22.2. The average Bonchev–Trinajstić information content (AvgIpc) is 2.63. The Morgan fingerprint density at radius 1 is 1.07 bits per heavy atom. The van der Waals surface area contributed by atoms with Crippen molar-refractivity contribution in [2.45, 2.75) is 44.9 Å². The van der Waals surface area contributed by atoms with E-state index in [-0.39, 0.29) is 33.4 Å². The number of rotatable bonds is 8. The molecule has 0 saturated heterocycles. The summed E-state index contributed by atoms with van der Waals surface area (Å²) in [5.41, 5.74) is -1.53. The van der Waals surface area contributed by atoms with Crippen molar-refractivity contribution in [1.29, 1.82) is 0 Å². The van der Waals surface area contributed by atoms with Gasteiger partial charge in [0.1, 0.15) is 11.4 Å². The number of carboxylic acid groups (broad SMARTS) is 1. The summed E-state index contributed by atoms with van der Waals surface area (Å²) in [6.07, 6.45) is 2.12. The van der Waals surface area contributed by atoms with Crippen molar-refractivity contribution in [2.24, 2.45) is 10.2 Å². The third-order valence-electron chi connectivity index (χ3n) is 4.73. The Labute approximate surface area is 172 Å². The molecular weight excluding hydrogens is 409 g/mol. The fourth-order valence-corrected chi connectivity index (χ4v) is 3.45. The number of azo groups is 1. The van der Waals surface area contributed by atoms with Crippen molar-refractivity contribution in [2.75, 3.05) is 0 Å². The minimum Gasteiger partial charge on any atom is -0.481 e. The predicted octanol–water partition coefficient (Wildman–Crippen LogP) is 7.61. The molecule has 2 aromatic carbocycles. The molecule has 0 radical (unpaired) electrons. The third kappa shape index (κ3) is 4.50. The van der Waals surface area contributed by atoms with Crippen LogP contribution in [0.3, 0.4) is 0 Å². The molecule has 0 fully saturated rings. The molecule has 1 N–H and O–H groups in total. The van der Waals surface area contributed by atoms with E-state index in [0.717, 1.165) is 18.6 Å².